The molecule has 0 bridgehead atoms. The molecule has 0 aromatic heterocycles. The van der Waals surface area contributed by atoms with Gasteiger partial charge in [-0.25, -0.2) is 0 Å². The van der Waals surface area contributed by atoms with Crippen LogP contribution < -0.4 is 0 Å². The maximum Gasteiger partial charge on any atom is 0.324 e. The molecule has 0 saturated heterocycles. The maximum absolute atomic E-state index is 11.6. The summed E-state index contributed by atoms with van der Waals surface area (Å²) < 4.78 is 5.00. The minimum atomic E-state index is -0.917. The summed E-state index contributed by atoms with van der Waals surface area (Å²) in [5, 5.41) is 9.92. The first-order valence-corrected chi connectivity index (χ1v) is 6.38. The lowest BCUT2D eigenvalue weighted by atomic mass is 10.1. The van der Waals surface area contributed by atoms with E-state index in [0.717, 1.165) is 0 Å². The summed E-state index contributed by atoms with van der Waals surface area (Å²) in [6.45, 7) is 4.12. The van der Waals surface area contributed by atoms with Crippen LogP contribution in [0.15, 0.2) is 24.3 Å². The standard InChI is InChI=1S/C13H16ClNO4/c1-9(2)8-19-13(16)11(14)7-10-5-3-4-6-12(10)15(17)18/h3-6,9,11H,7-8H2,1-2H3. The number of nitro benzene ring substituents is 1. The van der Waals surface area contributed by atoms with Gasteiger partial charge in [0.15, 0.2) is 0 Å². The fourth-order valence-corrected chi connectivity index (χ4v) is 1.71. The first kappa shape index (κ1) is 15.4. The van der Waals surface area contributed by atoms with E-state index in [4.69, 9.17) is 16.3 Å². The summed E-state index contributed by atoms with van der Waals surface area (Å²) in [7, 11) is 0. The smallest absolute Gasteiger partial charge is 0.324 e. The Balaban J connectivity index is 2.69. The summed E-state index contributed by atoms with van der Waals surface area (Å²) in [5.74, 6) is -0.326. The second-order valence-corrected chi connectivity index (χ2v) is 5.11. The molecule has 5 nitrogen and oxygen atoms in total. The van der Waals surface area contributed by atoms with Crippen LogP contribution in [-0.2, 0) is 16.0 Å². The van der Waals surface area contributed by atoms with Crippen LogP contribution >= 0.6 is 11.6 Å². The second kappa shape index (κ2) is 7.09. The number of carbonyl (C=O) groups excluding carboxylic acids is 1. The van der Waals surface area contributed by atoms with Crippen molar-refractivity contribution in [2.24, 2.45) is 5.92 Å². The quantitative estimate of drug-likeness (QED) is 0.349. The Kier molecular flexibility index (Phi) is 5.76. The molecule has 0 radical (unpaired) electrons. The van der Waals surface area contributed by atoms with Gasteiger partial charge >= 0.3 is 5.97 Å². The molecule has 1 unspecified atom stereocenters. The van der Waals surface area contributed by atoms with E-state index in [1.165, 1.54) is 6.07 Å². The summed E-state index contributed by atoms with van der Waals surface area (Å²) >= 11 is 5.93. The second-order valence-electron chi connectivity index (χ2n) is 4.58. The Bertz CT molecular complexity index is 462. The number of hydrogen-bond acceptors (Lipinski definition) is 4. The van der Waals surface area contributed by atoms with E-state index in [9.17, 15) is 14.9 Å². The van der Waals surface area contributed by atoms with Gasteiger partial charge in [0.1, 0.15) is 5.38 Å². The number of hydrogen-bond donors (Lipinski definition) is 0. The van der Waals surface area contributed by atoms with Crippen molar-refractivity contribution in [3.8, 4) is 0 Å². The Morgan fingerprint density at radius 1 is 1.42 bits per heavy atom. The van der Waals surface area contributed by atoms with E-state index in [2.05, 4.69) is 0 Å². The molecule has 19 heavy (non-hydrogen) atoms. The SMILES string of the molecule is CC(C)COC(=O)C(Cl)Cc1ccccc1[N+](=O)[O-]. The number of nitrogens with zero attached hydrogens (tertiary/aromatic N) is 1. The van der Waals surface area contributed by atoms with Crippen molar-refractivity contribution in [3.05, 3.63) is 39.9 Å². The lowest BCUT2D eigenvalue weighted by Gasteiger charge is -2.11. The number of para-hydroxylation sites is 1. The Hall–Kier alpha value is -1.62. The monoisotopic (exact) mass is 285 g/mol. The zero-order chi connectivity index (χ0) is 14.4. The average Bonchev–Trinajstić information content (AvgIpc) is 2.36. The lowest BCUT2D eigenvalue weighted by Crippen LogP contribution is -2.22. The molecule has 0 fully saturated rings. The van der Waals surface area contributed by atoms with Crippen LogP contribution in [0.3, 0.4) is 0 Å². The van der Waals surface area contributed by atoms with Crippen LogP contribution in [0.25, 0.3) is 0 Å². The highest BCUT2D eigenvalue weighted by atomic mass is 35.5. The number of halogens is 1. The molecule has 0 N–H and O–H groups in total. The van der Waals surface area contributed by atoms with Crippen LogP contribution in [-0.4, -0.2) is 22.9 Å². The van der Waals surface area contributed by atoms with Gasteiger partial charge in [0.05, 0.1) is 11.5 Å². The molecule has 0 amide bonds. The molecule has 104 valence electrons. The van der Waals surface area contributed by atoms with Crippen molar-refractivity contribution < 1.29 is 14.5 Å². The van der Waals surface area contributed by atoms with E-state index in [0.29, 0.717) is 12.2 Å². The van der Waals surface area contributed by atoms with Gasteiger partial charge in [-0.3, -0.25) is 14.9 Å². The number of esters is 1. The largest absolute Gasteiger partial charge is 0.464 e. The van der Waals surface area contributed by atoms with Gasteiger partial charge in [-0.2, -0.15) is 0 Å². The fourth-order valence-electron chi connectivity index (χ4n) is 1.48. The molecule has 0 saturated carbocycles. The van der Waals surface area contributed by atoms with Gasteiger partial charge in [0.25, 0.3) is 5.69 Å². The molecule has 1 aromatic carbocycles. The van der Waals surface area contributed by atoms with Crippen LogP contribution in [0, 0.1) is 16.0 Å². The fraction of sp³-hybridized carbons (Fsp3) is 0.462. The molecule has 1 rings (SSSR count). The molecular weight excluding hydrogens is 270 g/mol. The topological polar surface area (TPSA) is 69.4 Å². The minimum absolute atomic E-state index is 0.0372. The predicted octanol–water partition coefficient (Wildman–Crippen LogP) is 2.94. The molecule has 0 heterocycles. The number of alkyl halides is 1. The van der Waals surface area contributed by atoms with Gasteiger partial charge in [-0.1, -0.05) is 32.0 Å². The van der Waals surface area contributed by atoms with Crippen LogP contribution in [0.5, 0.6) is 0 Å². The van der Waals surface area contributed by atoms with Crippen molar-refractivity contribution in [3.63, 3.8) is 0 Å². The zero-order valence-corrected chi connectivity index (χ0v) is 11.6. The van der Waals surface area contributed by atoms with Crippen LogP contribution in [0.4, 0.5) is 5.69 Å². The highest BCUT2D eigenvalue weighted by Crippen LogP contribution is 2.21. The van der Waals surface area contributed by atoms with E-state index >= 15 is 0 Å². The van der Waals surface area contributed by atoms with Crippen molar-refractivity contribution in [2.75, 3.05) is 6.61 Å². The molecule has 0 aliphatic rings. The Morgan fingerprint density at radius 2 is 2.05 bits per heavy atom. The zero-order valence-electron chi connectivity index (χ0n) is 10.8. The summed E-state index contributed by atoms with van der Waals surface area (Å²) in [6.07, 6.45) is 0.0790. The van der Waals surface area contributed by atoms with E-state index in [-0.39, 0.29) is 18.0 Å². The van der Waals surface area contributed by atoms with Crippen LogP contribution in [0.2, 0.25) is 0 Å². The molecule has 0 aliphatic carbocycles. The van der Waals surface area contributed by atoms with Crippen molar-refractivity contribution in [1.82, 2.24) is 0 Å². The summed E-state index contributed by atoms with van der Waals surface area (Å²) in [6, 6.07) is 6.22. The van der Waals surface area contributed by atoms with E-state index in [1.807, 2.05) is 13.8 Å². The highest BCUT2D eigenvalue weighted by molar-refractivity contribution is 6.30. The number of carbonyl (C=O) groups is 1. The number of rotatable bonds is 6. The molecular formula is C13H16ClNO4. The van der Waals surface area contributed by atoms with Gasteiger partial charge in [0.2, 0.25) is 0 Å². The third kappa shape index (κ3) is 4.87. The minimum Gasteiger partial charge on any atom is -0.464 e. The first-order chi connectivity index (χ1) is 8.91. The molecule has 1 aromatic rings. The number of nitro groups is 1. The molecule has 0 aliphatic heterocycles. The van der Waals surface area contributed by atoms with Gasteiger partial charge in [0, 0.05) is 18.1 Å². The Labute approximate surface area is 116 Å². The molecule has 1 atom stereocenters. The summed E-state index contributed by atoms with van der Waals surface area (Å²) in [4.78, 5) is 22.0. The van der Waals surface area contributed by atoms with Crippen molar-refractivity contribution in [1.29, 1.82) is 0 Å². The highest BCUT2D eigenvalue weighted by Gasteiger charge is 2.22. The average molecular weight is 286 g/mol. The van der Waals surface area contributed by atoms with E-state index < -0.39 is 16.3 Å². The van der Waals surface area contributed by atoms with Crippen molar-refractivity contribution >= 4 is 23.3 Å². The maximum atomic E-state index is 11.6. The first-order valence-electron chi connectivity index (χ1n) is 5.94. The third-order valence-corrected chi connectivity index (χ3v) is 2.73. The van der Waals surface area contributed by atoms with Gasteiger partial charge in [-0.05, 0) is 5.92 Å². The van der Waals surface area contributed by atoms with Gasteiger partial charge in [-0.15, -0.1) is 11.6 Å². The molecule has 6 heteroatoms. The summed E-state index contributed by atoms with van der Waals surface area (Å²) in [5.41, 5.74) is 0.388. The normalized spacial score (nSPS) is 12.2. The predicted molar refractivity (Wildman–Crippen MR) is 72.2 cm³/mol. The van der Waals surface area contributed by atoms with Crippen molar-refractivity contribution in [2.45, 2.75) is 25.6 Å². The van der Waals surface area contributed by atoms with E-state index in [1.54, 1.807) is 18.2 Å². The number of ether oxygens (including phenoxy) is 1. The van der Waals surface area contributed by atoms with Gasteiger partial charge < -0.3 is 4.74 Å². The Morgan fingerprint density at radius 3 is 2.63 bits per heavy atom. The lowest BCUT2D eigenvalue weighted by molar-refractivity contribution is -0.385. The number of benzene rings is 1. The van der Waals surface area contributed by atoms with Crippen LogP contribution in [0.1, 0.15) is 19.4 Å². The third-order valence-electron chi connectivity index (χ3n) is 2.40. The molecule has 0 spiro atoms.